The van der Waals surface area contributed by atoms with Crippen LogP contribution in [0, 0.1) is 42.4 Å². The summed E-state index contributed by atoms with van der Waals surface area (Å²) < 4.78 is 90.3. The second-order valence-electron chi connectivity index (χ2n) is 35.0. The third-order valence-corrected chi connectivity index (χ3v) is 25.8. The number of hydrogen-bond donors (Lipinski definition) is 0. The second kappa shape index (κ2) is 69.6. The molecule has 0 unspecified atom stereocenters. The molecule has 142 heavy (non-hydrogen) atoms. The number of carbonyl (C=O) groups is 11. The molecule has 0 amide bonds. The minimum atomic E-state index is -0.420. The molecule has 0 bridgehead atoms. The van der Waals surface area contributed by atoms with E-state index in [1.807, 2.05) is 86.8 Å². The normalized spacial score (nSPS) is 17.1. The maximum atomic E-state index is 13.2. The molecular formula is C112H149NO28S. The van der Waals surface area contributed by atoms with Crippen LogP contribution in [-0.2, 0) is 90.6 Å². The number of carbonyl (C=O) groups excluding carboxylic acids is 11. The molecule has 0 N–H and O–H groups in total. The third-order valence-electron chi connectivity index (χ3n) is 24.7. The standard InChI is InChI=1S/C34H35NO7S.C17H22O5.C16H22O4.C16H28O3.C15H24O5.C14H18O4/c1-18-4-13-26-25(16-18)17-29(40-26)32-35-30-27(41-33(38)23-9-5-21(6-10-23)19(2)36)14-15-28(31(30)43-32)42-34(39)24-11-7-22(8-12-24)20(3)37;1-3-16(18)21-12-6-4-5-7-13-22-17(19)14-8-10-15(20-2)11-9-14;1-3-16(17)20-13-7-5-4-6-12-19-15-10-8-14(18-2)9-11-15;1-3-16(17)19-13-7-5-4-6-8-14-9-11-15(18-2)12-10-14;1-3-14(16)19-10-4-5-11-20-15(17)12-6-8-13(18-2)9-7-12;1-3-14(15)18-11-5-4-10-17-13-8-6-12(16-2)7-9-13/h4,13-17,21-24H,5-12H2,1-3H3;3,8-11H,1,4-7,12-13H2,2H3;3,8-11H,1,4-7,12-13H2,2H3;3,14-15H,1,4-13H2,2H3;3,12-13H,1,4-11H2,2H3;3,6-9H,1,4-5,10-11H2,2H3. The highest BCUT2D eigenvalue weighted by Gasteiger charge is 2.34. The number of unbranched alkanes of at least 4 members (excludes halogenated alkanes) is 11. The summed E-state index contributed by atoms with van der Waals surface area (Å²) >= 11 is 1.31. The van der Waals surface area contributed by atoms with E-state index in [0.717, 1.165) is 166 Å². The van der Waals surface area contributed by atoms with Gasteiger partial charge in [-0.15, -0.1) is 11.3 Å². The number of benzene rings is 5. The molecule has 11 rings (SSSR count). The minimum Gasteiger partial charge on any atom is -0.497 e. The first kappa shape index (κ1) is 118. The highest BCUT2D eigenvalue weighted by molar-refractivity contribution is 7.22. The van der Waals surface area contributed by atoms with Gasteiger partial charge >= 0.3 is 53.7 Å². The minimum absolute atomic E-state index is 0.0101. The topological polar surface area (TPSA) is 361 Å². The summed E-state index contributed by atoms with van der Waals surface area (Å²) in [6, 6.07) is 32.9. The number of ether oxygens (including phenoxy) is 16. The number of hydrogen-bond acceptors (Lipinski definition) is 30. The predicted molar refractivity (Wildman–Crippen MR) is 544 cm³/mol. The van der Waals surface area contributed by atoms with Crippen molar-refractivity contribution in [2.75, 3.05) is 95.0 Å². The third kappa shape index (κ3) is 46.6. The first-order chi connectivity index (χ1) is 68.8. The number of thiazole rings is 1. The van der Waals surface area contributed by atoms with Gasteiger partial charge in [-0.3, -0.25) is 24.0 Å². The van der Waals surface area contributed by atoms with Gasteiger partial charge in [0, 0.05) is 61.8 Å². The van der Waals surface area contributed by atoms with Gasteiger partial charge in [-0.05, 0) is 316 Å². The summed E-state index contributed by atoms with van der Waals surface area (Å²) in [5.41, 5.74) is 2.79. The average molecular weight is 1990 g/mol. The van der Waals surface area contributed by atoms with E-state index in [-0.39, 0.29) is 82.9 Å². The lowest BCUT2D eigenvalue weighted by Gasteiger charge is -2.27. The summed E-state index contributed by atoms with van der Waals surface area (Å²) in [4.78, 5) is 132. The van der Waals surface area contributed by atoms with Crippen LogP contribution in [0.25, 0.3) is 32.0 Å². The van der Waals surface area contributed by atoms with Crippen LogP contribution in [0.4, 0.5) is 0 Å². The van der Waals surface area contributed by atoms with Gasteiger partial charge in [-0.2, -0.15) is 0 Å². The first-order valence-electron chi connectivity index (χ1n) is 49.7. The van der Waals surface area contributed by atoms with Crippen molar-refractivity contribution in [1.82, 2.24) is 4.98 Å². The SMILES string of the molecule is C=CC(=O)OCCCCCCC1CCC(OC)CC1.C=CC(=O)OCCCCCCOC(=O)c1ccc(OC)cc1.C=CC(=O)OCCCCCCOc1ccc(OC)cc1.C=CC(=O)OCCCCOC(=O)C1CCC(OC)CC1.C=CC(=O)OCCCCOc1ccc(OC)cc1.CC(=O)C1CCC(C(=O)Oc2ccc(OC(=O)C3CCC(C(C)=O)CC3)c3sc(-c4cc5cc(C)ccc5o4)nc23)CC1. The smallest absolute Gasteiger partial charge is 0.338 e. The Bertz CT molecular complexity index is 4900. The molecule has 4 aliphatic rings. The first-order valence-corrected chi connectivity index (χ1v) is 50.5. The van der Waals surface area contributed by atoms with Gasteiger partial charge in [0.2, 0.25) is 0 Å². The van der Waals surface area contributed by atoms with Crippen molar-refractivity contribution in [3.8, 4) is 51.0 Å². The Morgan fingerprint density at radius 3 is 1.11 bits per heavy atom. The molecule has 4 aliphatic carbocycles. The van der Waals surface area contributed by atoms with Gasteiger partial charge < -0.3 is 80.2 Å². The molecule has 0 atom stereocenters. The van der Waals surface area contributed by atoms with Crippen molar-refractivity contribution in [2.45, 2.75) is 245 Å². The Hall–Kier alpha value is -12.3. The van der Waals surface area contributed by atoms with Crippen molar-refractivity contribution < 1.29 is 133 Å². The molecule has 2 heterocycles. The average Bonchev–Trinajstić information content (AvgIpc) is 1.62. The fourth-order valence-corrected chi connectivity index (χ4v) is 17.1. The molecule has 5 aromatic carbocycles. The van der Waals surface area contributed by atoms with Crippen LogP contribution in [-0.4, -0.2) is 177 Å². The lowest BCUT2D eigenvalue weighted by molar-refractivity contribution is -0.151. The summed E-state index contributed by atoms with van der Waals surface area (Å²) in [5, 5.41) is 1.53. The number of rotatable bonds is 52. The molecular weight excluding hydrogens is 1840 g/mol. The molecule has 4 fully saturated rings. The van der Waals surface area contributed by atoms with Gasteiger partial charge in [0.1, 0.15) is 56.1 Å². The van der Waals surface area contributed by atoms with Crippen molar-refractivity contribution in [3.63, 3.8) is 0 Å². The van der Waals surface area contributed by atoms with E-state index in [4.69, 9.17) is 85.2 Å². The van der Waals surface area contributed by atoms with E-state index in [2.05, 4.69) is 32.9 Å². The molecule has 0 radical (unpaired) electrons. The zero-order valence-corrected chi connectivity index (χ0v) is 85.2. The number of methoxy groups -OCH3 is 5. The van der Waals surface area contributed by atoms with Crippen LogP contribution in [0.5, 0.6) is 40.2 Å². The van der Waals surface area contributed by atoms with Crippen molar-refractivity contribution >= 4 is 97.8 Å². The lowest BCUT2D eigenvalue weighted by atomic mass is 9.80. The van der Waals surface area contributed by atoms with E-state index in [0.29, 0.717) is 180 Å². The van der Waals surface area contributed by atoms with Crippen LogP contribution in [0.1, 0.15) is 242 Å². The second-order valence-corrected chi connectivity index (χ2v) is 36.0. The van der Waals surface area contributed by atoms with Crippen molar-refractivity contribution in [1.29, 1.82) is 0 Å². The number of fused-ring (bicyclic) bond motifs is 2. The maximum Gasteiger partial charge on any atom is 0.338 e. The van der Waals surface area contributed by atoms with Crippen LogP contribution >= 0.6 is 11.3 Å². The molecule has 0 spiro atoms. The Kier molecular flexibility index (Phi) is 58.0. The Morgan fingerprint density at radius 1 is 0.359 bits per heavy atom. The summed E-state index contributed by atoms with van der Waals surface area (Å²) in [6.45, 7) is 26.1. The highest BCUT2D eigenvalue weighted by Crippen LogP contribution is 2.44. The summed E-state index contributed by atoms with van der Waals surface area (Å²) in [6.07, 6.45) is 36.8. The van der Waals surface area contributed by atoms with Gasteiger partial charge in [0.15, 0.2) is 22.3 Å². The zero-order chi connectivity index (χ0) is 103. The molecule has 7 aromatic rings. The summed E-state index contributed by atoms with van der Waals surface area (Å²) in [5.74, 6) is 2.95. The maximum absolute atomic E-state index is 13.2. The fraction of sp³-hybridized carbons (Fsp3) is 0.518. The Balaban J connectivity index is 0.000000272. The monoisotopic (exact) mass is 1990 g/mol. The number of aromatic nitrogens is 1. The van der Waals surface area contributed by atoms with E-state index in [1.54, 1.807) is 78.7 Å². The van der Waals surface area contributed by atoms with Gasteiger partial charge in [-0.1, -0.05) is 70.2 Å². The van der Waals surface area contributed by atoms with Crippen molar-refractivity contribution in [3.05, 3.63) is 184 Å². The van der Waals surface area contributed by atoms with E-state index >= 15 is 0 Å². The molecule has 776 valence electrons. The van der Waals surface area contributed by atoms with Crippen LogP contribution < -0.4 is 33.2 Å². The molecule has 4 saturated carbocycles. The van der Waals surface area contributed by atoms with Crippen LogP contribution in [0.15, 0.2) is 177 Å². The van der Waals surface area contributed by atoms with E-state index in [9.17, 15) is 52.7 Å². The molecule has 0 aliphatic heterocycles. The number of esters is 9. The number of Topliss-reactive ketones (excluding diaryl/α,β-unsaturated/α-hetero) is 2. The highest BCUT2D eigenvalue weighted by atomic mass is 32.1. The molecule has 30 heteroatoms. The number of aryl methyl sites for hydroxylation is 1. The fourth-order valence-electron chi connectivity index (χ4n) is 16.1. The largest absolute Gasteiger partial charge is 0.497 e. The van der Waals surface area contributed by atoms with Crippen LogP contribution in [0.2, 0.25) is 0 Å². The number of nitrogens with zero attached hydrogens (tertiary/aromatic N) is 1. The predicted octanol–water partition coefficient (Wildman–Crippen LogP) is 22.8. The van der Waals surface area contributed by atoms with Gasteiger partial charge in [0.05, 0.1) is 116 Å². The van der Waals surface area contributed by atoms with Gasteiger partial charge in [0.25, 0.3) is 0 Å². The molecule has 0 saturated heterocycles. The van der Waals surface area contributed by atoms with Crippen molar-refractivity contribution in [2.24, 2.45) is 35.5 Å². The molecule has 29 nitrogen and oxygen atoms in total. The van der Waals surface area contributed by atoms with E-state index in [1.165, 1.54) is 68.4 Å². The Labute approximate surface area is 841 Å². The quantitative estimate of drug-likeness (QED) is 0.0112. The zero-order valence-electron chi connectivity index (χ0n) is 84.4. The number of furan rings is 1. The van der Waals surface area contributed by atoms with Crippen LogP contribution in [0.3, 0.4) is 0 Å². The van der Waals surface area contributed by atoms with Gasteiger partial charge in [-0.25, -0.2) is 33.8 Å². The lowest BCUT2D eigenvalue weighted by Crippen LogP contribution is -2.28. The Morgan fingerprint density at radius 2 is 0.697 bits per heavy atom. The summed E-state index contributed by atoms with van der Waals surface area (Å²) in [7, 11) is 8.38. The number of ketones is 2. The molecule has 2 aromatic heterocycles. The van der Waals surface area contributed by atoms with E-state index < -0.39 is 11.9 Å².